The first kappa shape index (κ1) is 26.3. The fourth-order valence-electron chi connectivity index (χ4n) is 3.95. The number of nitrogens with zero attached hydrogens (tertiary/aromatic N) is 2. The molecule has 190 valence electrons. The number of hydrogen-bond acceptors (Lipinski definition) is 7. The van der Waals surface area contributed by atoms with E-state index in [4.69, 9.17) is 26.8 Å². The number of amides is 1. The van der Waals surface area contributed by atoms with Gasteiger partial charge in [-0.1, -0.05) is 42.2 Å². The number of thiocarbonyl (C=S) groups is 1. The third-order valence-corrected chi connectivity index (χ3v) is 7.27. The summed E-state index contributed by atoms with van der Waals surface area (Å²) >= 11 is 6.57. The number of morpholine rings is 1. The van der Waals surface area contributed by atoms with E-state index in [0.29, 0.717) is 46.8 Å². The van der Waals surface area contributed by atoms with Crippen LogP contribution in [0.25, 0.3) is 17.2 Å². The molecule has 0 atom stereocenters. The Hall–Kier alpha value is -2.79. The Morgan fingerprint density at radius 3 is 2.58 bits per heavy atom. The first-order valence-electron chi connectivity index (χ1n) is 11.7. The number of aliphatic carboxylic acids is 1. The Balaban J connectivity index is 1.55. The molecular weight excluding hydrogens is 503 g/mol. The Morgan fingerprint density at radius 2 is 1.86 bits per heavy atom. The highest BCUT2D eigenvalue weighted by Gasteiger charge is 2.32. The zero-order valence-corrected chi connectivity index (χ0v) is 21.3. The van der Waals surface area contributed by atoms with Crippen LogP contribution < -0.4 is 4.74 Å². The van der Waals surface area contributed by atoms with E-state index in [1.807, 2.05) is 18.2 Å². The van der Waals surface area contributed by atoms with Crippen molar-refractivity contribution in [2.75, 3.05) is 46.0 Å². The van der Waals surface area contributed by atoms with Crippen LogP contribution in [0.5, 0.6) is 5.75 Å². The number of carboxylic acids is 1. The average Bonchev–Trinajstić information content (AvgIpc) is 3.13. The number of thioether (sulfide) groups is 1. The maximum Gasteiger partial charge on any atom is 0.303 e. The number of carboxylic acid groups (broad SMARTS) is 1. The molecule has 10 heteroatoms. The normalized spacial score (nSPS) is 17.7. The van der Waals surface area contributed by atoms with Gasteiger partial charge in [0.15, 0.2) is 0 Å². The summed E-state index contributed by atoms with van der Waals surface area (Å²) < 4.78 is 25.3. The van der Waals surface area contributed by atoms with Gasteiger partial charge in [0, 0.05) is 38.2 Å². The Labute approximate surface area is 218 Å². The monoisotopic (exact) mass is 530 g/mol. The number of benzene rings is 2. The molecule has 36 heavy (non-hydrogen) atoms. The molecule has 1 N–H and O–H groups in total. The summed E-state index contributed by atoms with van der Waals surface area (Å²) in [6.45, 7) is 4.65. The van der Waals surface area contributed by atoms with Crippen LogP contribution >= 0.6 is 24.0 Å². The van der Waals surface area contributed by atoms with Crippen LogP contribution in [0.15, 0.2) is 47.4 Å². The fourth-order valence-corrected chi connectivity index (χ4v) is 5.25. The van der Waals surface area contributed by atoms with E-state index < -0.39 is 5.97 Å². The zero-order chi connectivity index (χ0) is 25.5. The molecule has 7 nitrogen and oxygen atoms in total. The summed E-state index contributed by atoms with van der Waals surface area (Å²) in [7, 11) is 0. The molecule has 1 amide bonds. The van der Waals surface area contributed by atoms with Gasteiger partial charge in [-0.05, 0) is 47.9 Å². The van der Waals surface area contributed by atoms with Crippen molar-refractivity contribution in [3.8, 4) is 16.9 Å². The number of rotatable bonds is 10. The van der Waals surface area contributed by atoms with Gasteiger partial charge < -0.3 is 14.6 Å². The minimum absolute atomic E-state index is 0.0308. The molecule has 4 rings (SSSR count). The molecule has 2 heterocycles. The third-order valence-electron chi connectivity index (χ3n) is 5.89. The predicted octanol–water partition coefficient (Wildman–Crippen LogP) is 4.27. The molecular formula is C26H27FN2O5S2. The van der Waals surface area contributed by atoms with Crippen molar-refractivity contribution in [3.63, 3.8) is 0 Å². The molecule has 0 bridgehead atoms. The molecule has 0 radical (unpaired) electrons. The molecule has 0 aliphatic carbocycles. The van der Waals surface area contributed by atoms with Crippen LogP contribution in [0, 0.1) is 5.82 Å². The fraction of sp³-hybridized carbons (Fsp3) is 0.346. The first-order chi connectivity index (χ1) is 17.4. The molecule has 2 aliphatic heterocycles. The van der Waals surface area contributed by atoms with Crippen LogP contribution in [0.3, 0.4) is 0 Å². The van der Waals surface area contributed by atoms with Crippen LogP contribution in [0.1, 0.15) is 18.4 Å². The van der Waals surface area contributed by atoms with Gasteiger partial charge >= 0.3 is 5.97 Å². The van der Waals surface area contributed by atoms with E-state index in [2.05, 4.69) is 4.90 Å². The number of carbonyl (C=O) groups is 2. The molecule has 2 aliphatic rings. The van der Waals surface area contributed by atoms with Gasteiger partial charge in [-0.2, -0.15) is 0 Å². The van der Waals surface area contributed by atoms with Crippen molar-refractivity contribution < 1.29 is 28.6 Å². The van der Waals surface area contributed by atoms with Gasteiger partial charge in [0.2, 0.25) is 0 Å². The lowest BCUT2D eigenvalue weighted by Crippen LogP contribution is -2.38. The number of ether oxygens (including phenoxy) is 2. The summed E-state index contributed by atoms with van der Waals surface area (Å²) in [5, 5.41) is 8.89. The molecule has 0 spiro atoms. The Kier molecular flexibility index (Phi) is 9.08. The smallest absolute Gasteiger partial charge is 0.303 e. The number of halogens is 1. The lowest BCUT2D eigenvalue weighted by molar-refractivity contribution is -0.137. The first-order valence-corrected chi connectivity index (χ1v) is 12.9. The second kappa shape index (κ2) is 12.4. The number of hydrogen-bond donors (Lipinski definition) is 1. The largest absolute Gasteiger partial charge is 0.492 e. The van der Waals surface area contributed by atoms with Crippen molar-refractivity contribution in [1.29, 1.82) is 0 Å². The maximum atomic E-state index is 13.4. The third kappa shape index (κ3) is 6.91. The number of carbonyl (C=O) groups excluding carboxylic acids is 1. The van der Waals surface area contributed by atoms with E-state index in [-0.39, 0.29) is 24.7 Å². The van der Waals surface area contributed by atoms with E-state index in [9.17, 15) is 14.0 Å². The van der Waals surface area contributed by atoms with Crippen LogP contribution in [-0.2, 0) is 14.3 Å². The van der Waals surface area contributed by atoms with Crippen molar-refractivity contribution in [1.82, 2.24) is 9.80 Å². The highest BCUT2D eigenvalue weighted by atomic mass is 32.2. The van der Waals surface area contributed by atoms with Gasteiger partial charge in [0.1, 0.15) is 22.5 Å². The molecule has 2 fully saturated rings. The summed E-state index contributed by atoms with van der Waals surface area (Å²) in [5.41, 5.74) is 2.41. The lowest BCUT2D eigenvalue weighted by atomic mass is 10.0. The molecule has 2 aromatic rings. The molecule has 0 saturated carbocycles. The summed E-state index contributed by atoms with van der Waals surface area (Å²) in [6, 6.07) is 11.9. The van der Waals surface area contributed by atoms with E-state index in [1.165, 1.54) is 28.8 Å². The van der Waals surface area contributed by atoms with Crippen LogP contribution in [0.2, 0.25) is 0 Å². The Morgan fingerprint density at radius 1 is 1.14 bits per heavy atom. The van der Waals surface area contributed by atoms with Crippen molar-refractivity contribution >= 4 is 46.3 Å². The average molecular weight is 531 g/mol. The topological polar surface area (TPSA) is 79.3 Å². The molecule has 2 saturated heterocycles. The van der Waals surface area contributed by atoms with Gasteiger partial charge in [0.05, 0.1) is 18.1 Å². The van der Waals surface area contributed by atoms with E-state index in [0.717, 1.165) is 30.8 Å². The van der Waals surface area contributed by atoms with E-state index in [1.54, 1.807) is 18.2 Å². The van der Waals surface area contributed by atoms with Crippen molar-refractivity contribution in [2.24, 2.45) is 0 Å². The maximum absolute atomic E-state index is 13.4. The zero-order valence-electron chi connectivity index (χ0n) is 19.7. The molecule has 0 unspecified atom stereocenters. The van der Waals surface area contributed by atoms with Gasteiger partial charge in [-0.25, -0.2) is 4.39 Å². The SMILES string of the molecule is O=C(O)CCCN1C(=O)C(=Cc2cc(-c3ccc(F)cc3)ccc2OCCN2CCOCC2)SC1=S. The highest BCUT2D eigenvalue weighted by molar-refractivity contribution is 8.26. The quantitative estimate of drug-likeness (QED) is 0.361. The minimum Gasteiger partial charge on any atom is -0.492 e. The van der Waals surface area contributed by atoms with E-state index >= 15 is 0 Å². The standard InChI is InChI=1S/C26H27FN2O5S2/c27-21-6-3-18(4-7-21)19-5-8-22(34-15-12-28-10-13-33-14-11-28)20(16-19)17-23-25(32)29(26(35)36-23)9-1-2-24(30)31/h3-8,16-17H,1-2,9-15H2,(H,30,31). The minimum atomic E-state index is -0.910. The Bertz CT molecular complexity index is 1150. The van der Waals surface area contributed by atoms with Crippen molar-refractivity contribution in [2.45, 2.75) is 12.8 Å². The molecule has 0 aromatic heterocycles. The second-order valence-electron chi connectivity index (χ2n) is 8.39. The van der Waals surface area contributed by atoms with Gasteiger partial charge in [-0.3, -0.25) is 19.4 Å². The summed E-state index contributed by atoms with van der Waals surface area (Å²) in [5.74, 6) is -0.840. The summed E-state index contributed by atoms with van der Waals surface area (Å²) in [6.07, 6.45) is 2.05. The van der Waals surface area contributed by atoms with Crippen LogP contribution in [-0.4, -0.2) is 77.1 Å². The predicted molar refractivity (Wildman–Crippen MR) is 141 cm³/mol. The second-order valence-corrected chi connectivity index (χ2v) is 10.1. The van der Waals surface area contributed by atoms with Crippen molar-refractivity contribution in [3.05, 3.63) is 58.8 Å². The molecule has 2 aromatic carbocycles. The lowest BCUT2D eigenvalue weighted by Gasteiger charge is -2.26. The van der Waals surface area contributed by atoms with Crippen LogP contribution in [0.4, 0.5) is 4.39 Å². The van der Waals surface area contributed by atoms with Gasteiger partial charge in [-0.15, -0.1) is 0 Å². The van der Waals surface area contributed by atoms with Gasteiger partial charge in [0.25, 0.3) is 5.91 Å². The summed E-state index contributed by atoms with van der Waals surface area (Å²) in [4.78, 5) is 28.0. The highest BCUT2D eigenvalue weighted by Crippen LogP contribution is 2.36.